The van der Waals surface area contributed by atoms with Crippen molar-refractivity contribution < 1.29 is 9.53 Å². The monoisotopic (exact) mass is 337 g/mol. The number of aryl methyl sites for hydroxylation is 1. The van der Waals surface area contributed by atoms with Crippen LogP contribution in [0.4, 0.5) is 0 Å². The first-order valence-corrected chi connectivity index (χ1v) is 7.25. The number of carbonyl (C=O) groups is 1. The fraction of sp³-hybridized carbons (Fsp3) is 0.0667. The molecule has 0 fully saturated rings. The van der Waals surface area contributed by atoms with Crippen molar-refractivity contribution in [1.29, 1.82) is 0 Å². The molecule has 106 valence electrons. The summed E-state index contributed by atoms with van der Waals surface area (Å²) >= 11 is 17.1. The van der Waals surface area contributed by atoms with Gasteiger partial charge in [0.15, 0.2) is 0 Å². The molecule has 0 saturated carbocycles. The van der Waals surface area contributed by atoms with Crippen LogP contribution in [0.3, 0.4) is 0 Å². The van der Waals surface area contributed by atoms with E-state index in [-0.39, 0.29) is 0 Å². The smallest absolute Gasteiger partial charge is 0.347 e. The molecule has 0 bridgehead atoms. The topological polar surface area (TPSA) is 42.1 Å². The van der Waals surface area contributed by atoms with Gasteiger partial charge in [0.1, 0.15) is 16.0 Å². The molecular weight excluding hydrogens is 329 g/mol. The molecule has 0 unspecified atom stereocenters. The summed E-state index contributed by atoms with van der Waals surface area (Å²) in [6.45, 7) is 1.87. The molecule has 3 rings (SSSR count). The van der Waals surface area contributed by atoms with Crippen LogP contribution >= 0.6 is 35.4 Å². The van der Waals surface area contributed by atoms with Crippen molar-refractivity contribution in [1.82, 2.24) is 4.98 Å². The quantitative estimate of drug-likeness (QED) is 0.586. The minimum atomic E-state index is -0.447. The molecule has 6 heteroatoms. The Morgan fingerprint density at radius 3 is 2.71 bits per heavy atom. The molecule has 2 aromatic rings. The molecule has 0 amide bonds. The average molecular weight is 338 g/mol. The number of aromatic nitrogens is 1. The minimum absolute atomic E-state index is 0.382. The molecular formula is C15H9Cl2NO2S. The molecule has 0 radical (unpaired) electrons. The van der Waals surface area contributed by atoms with Gasteiger partial charge in [-0.1, -0.05) is 41.5 Å². The van der Waals surface area contributed by atoms with Crippen molar-refractivity contribution in [3.8, 4) is 0 Å². The number of esters is 1. The molecule has 0 saturated heterocycles. The van der Waals surface area contributed by atoms with Crippen molar-refractivity contribution in [2.45, 2.75) is 6.92 Å². The zero-order chi connectivity index (χ0) is 15.1. The van der Waals surface area contributed by atoms with Gasteiger partial charge in [0.05, 0.1) is 10.0 Å². The highest BCUT2D eigenvalue weighted by atomic mass is 35.5. The van der Waals surface area contributed by atoms with E-state index in [0.29, 0.717) is 31.6 Å². The molecule has 0 aliphatic carbocycles. The highest BCUT2D eigenvalue weighted by Crippen LogP contribution is 2.33. The van der Waals surface area contributed by atoms with Crippen LogP contribution in [0.15, 0.2) is 24.3 Å². The van der Waals surface area contributed by atoms with E-state index in [1.165, 1.54) is 0 Å². The number of halogens is 2. The second-order valence-electron chi connectivity index (χ2n) is 4.64. The van der Waals surface area contributed by atoms with Gasteiger partial charge in [0, 0.05) is 11.3 Å². The standard InChI is InChI=1S/C15H9Cl2NO2S/c1-7-4-9-12(20-15(19)13(9)14(21)18-7)6-8-2-3-10(16)11(17)5-8/h2-6H,1H3,(H,18,21)/b12-6-. The highest BCUT2D eigenvalue weighted by molar-refractivity contribution is 7.71. The zero-order valence-electron chi connectivity index (χ0n) is 10.9. The number of aromatic amines is 1. The summed E-state index contributed by atoms with van der Waals surface area (Å²) in [5.41, 5.74) is 2.72. The van der Waals surface area contributed by atoms with Gasteiger partial charge in [-0.3, -0.25) is 0 Å². The Balaban J connectivity index is 2.14. The Labute approximate surface area is 136 Å². The largest absolute Gasteiger partial charge is 0.422 e. The first-order chi connectivity index (χ1) is 9.95. The molecule has 1 aliphatic rings. The second-order valence-corrected chi connectivity index (χ2v) is 5.86. The van der Waals surface area contributed by atoms with Gasteiger partial charge in [-0.2, -0.15) is 0 Å². The van der Waals surface area contributed by atoms with Crippen LogP contribution in [0, 0.1) is 11.6 Å². The lowest BCUT2D eigenvalue weighted by molar-refractivity contribution is 0.0716. The van der Waals surface area contributed by atoms with E-state index in [2.05, 4.69) is 4.98 Å². The first kappa shape index (κ1) is 14.3. The van der Waals surface area contributed by atoms with Gasteiger partial charge >= 0.3 is 5.97 Å². The van der Waals surface area contributed by atoms with E-state index in [9.17, 15) is 4.79 Å². The number of H-pyrrole nitrogens is 1. The number of fused-ring (bicyclic) bond motifs is 1. The van der Waals surface area contributed by atoms with E-state index in [1.807, 2.05) is 13.0 Å². The number of cyclic esters (lactones) is 1. The normalized spacial score (nSPS) is 15.2. The summed E-state index contributed by atoms with van der Waals surface area (Å²) < 4.78 is 5.68. The van der Waals surface area contributed by atoms with E-state index in [4.69, 9.17) is 40.2 Å². The summed E-state index contributed by atoms with van der Waals surface area (Å²) in [6.07, 6.45) is 1.74. The van der Waals surface area contributed by atoms with Crippen molar-refractivity contribution in [2.24, 2.45) is 0 Å². The van der Waals surface area contributed by atoms with Crippen molar-refractivity contribution in [3.05, 3.63) is 61.3 Å². The third kappa shape index (κ3) is 2.62. The first-order valence-electron chi connectivity index (χ1n) is 6.09. The second kappa shape index (κ2) is 5.30. The molecule has 0 atom stereocenters. The maximum atomic E-state index is 11.9. The lowest BCUT2D eigenvalue weighted by Crippen LogP contribution is -1.97. The van der Waals surface area contributed by atoms with Crippen LogP contribution in [0.25, 0.3) is 11.8 Å². The summed E-state index contributed by atoms with van der Waals surface area (Å²) in [5, 5.41) is 0.915. The van der Waals surface area contributed by atoms with Gasteiger partial charge in [0.25, 0.3) is 0 Å². The van der Waals surface area contributed by atoms with Crippen LogP contribution in [-0.4, -0.2) is 11.0 Å². The lowest BCUT2D eigenvalue weighted by atomic mass is 10.1. The Bertz CT molecular complexity index is 855. The number of pyridine rings is 1. The summed E-state index contributed by atoms with van der Waals surface area (Å²) in [7, 11) is 0. The number of rotatable bonds is 1. The molecule has 1 aromatic heterocycles. The van der Waals surface area contributed by atoms with E-state index < -0.39 is 5.97 Å². The molecule has 3 nitrogen and oxygen atoms in total. The van der Waals surface area contributed by atoms with E-state index in [0.717, 1.165) is 11.3 Å². The highest BCUT2D eigenvalue weighted by Gasteiger charge is 2.28. The Kier molecular flexibility index (Phi) is 3.61. The third-order valence-electron chi connectivity index (χ3n) is 3.08. The number of ether oxygens (including phenoxy) is 1. The Hall–Kier alpha value is -1.62. The van der Waals surface area contributed by atoms with E-state index in [1.54, 1.807) is 24.3 Å². The SMILES string of the molecule is Cc1cc2c(c(=S)[nH]1)C(=O)O/C2=C\c1ccc(Cl)c(Cl)c1. The minimum Gasteiger partial charge on any atom is -0.422 e. The van der Waals surface area contributed by atoms with Gasteiger partial charge < -0.3 is 9.72 Å². The fourth-order valence-corrected chi connectivity index (χ4v) is 2.81. The van der Waals surface area contributed by atoms with Crippen molar-refractivity contribution >= 4 is 53.2 Å². The fourth-order valence-electron chi connectivity index (χ4n) is 2.15. The number of hydrogen-bond acceptors (Lipinski definition) is 3. The number of carbonyl (C=O) groups excluding carboxylic acids is 1. The van der Waals surface area contributed by atoms with Crippen LogP contribution in [-0.2, 0) is 4.74 Å². The Morgan fingerprint density at radius 1 is 1.24 bits per heavy atom. The Morgan fingerprint density at radius 2 is 2.00 bits per heavy atom. The van der Waals surface area contributed by atoms with Gasteiger partial charge in [-0.05, 0) is 36.8 Å². The lowest BCUT2D eigenvalue weighted by Gasteiger charge is -2.02. The summed E-state index contributed by atoms with van der Waals surface area (Å²) in [5.74, 6) is 0.00847. The average Bonchev–Trinajstić information content (AvgIpc) is 2.70. The molecule has 1 aromatic carbocycles. The molecule has 1 aliphatic heterocycles. The summed E-state index contributed by atoms with van der Waals surface area (Å²) in [4.78, 5) is 14.9. The number of hydrogen-bond donors (Lipinski definition) is 1. The van der Waals surface area contributed by atoms with Crippen molar-refractivity contribution in [2.75, 3.05) is 0 Å². The van der Waals surface area contributed by atoms with Crippen LogP contribution in [0.1, 0.15) is 27.2 Å². The third-order valence-corrected chi connectivity index (χ3v) is 4.13. The predicted octanol–water partition coefficient (Wildman–Crippen LogP) is 5.03. The van der Waals surface area contributed by atoms with Gasteiger partial charge in [-0.25, -0.2) is 4.79 Å². The molecule has 21 heavy (non-hydrogen) atoms. The van der Waals surface area contributed by atoms with Gasteiger partial charge in [0.2, 0.25) is 0 Å². The maximum Gasteiger partial charge on any atom is 0.347 e. The van der Waals surface area contributed by atoms with Crippen LogP contribution in [0.5, 0.6) is 0 Å². The van der Waals surface area contributed by atoms with Crippen LogP contribution < -0.4 is 0 Å². The zero-order valence-corrected chi connectivity index (χ0v) is 13.2. The number of benzene rings is 1. The van der Waals surface area contributed by atoms with E-state index >= 15 is 0 Å². The maximum absolute atomic E-state index is 11.9. The van der Waals surface area contributed by atoms with Crippen LogP contribution in [0.2, 0.25) is 10.0 Å². The molecule has 2 heterocycles. The molecule has 1 N–H and O–H groups in total. The predicted molar refractivity (Wildman–Crippen MR) is 86.1 cm³/mol. The summed E-state index contributed by atoms with van der Waals surface area (Å²) in [6, 6.07) is 7.03. The molecule has 0 spiro atoms. The van der Waals surface area contributed by atoms with Gasteiger partial charge in [-0.15, -0.1) is 0 Å². The number of nitrogens with one attached hydrogen (secondary N) is 1. The van der Waals surface area contributed by atoms with Crippen molar-refractivity contribution in [3.63, 3.8) is 0 Å².